The highest BCUT2D eigenvalue weighted by atomic mass is 19.1. The molecule has 2 atom stereocenters. The van der Waals surface area contributed by atoms with Gasteiger partial charge in [0.25, 0.3) is 0 Å². The van der Waals surface area contributed by atoms with Crippen LogP contribution in [0.3, 0.4) is 0 Å². The fourth-order valence-corrected chi connectivity index (χ4v) is 5.81. The van der Waals surface area contributed by atoms with E-state index in [0.29, 0.717) is 41.2 Å². The normalized spacial score (nSPS) is 18.4. The predicted molar refractivity (Wildman–Crippen MR) is 154 cm³/mol. The molecule has 1 aliphatic carbocycles. The number of allylic oxidation sites excluding steroid dienone is 1. The molecule has 0 aromatic heterocycles. The molecule has 208 valence electrons. The van der Waals surface area contributed by atoms with E-state index in [2.05, 4.69) is 12.2 Å². The van der Waals surface area contributed by atoms with E-state index in [0.717, 1.165) is 36.2 Å². The van der Waals surface area contributed by atoms with Crippen LogP contribution in [0.5, 0.6) is 11.5 Å². The Balaban J connectivity index is 1.64. The average Bonchev–Trinajstić information content (AvgIpc) is 3.12. The number of hydrogen-bond acceptors (Lipinski definition) is 5. The summed E-state index contributed by atoms with van der Waals surface area (Å²) in [7, 11) is 3.19. The lowest BCUT2D eigenvalue weighted by Crippen LogP contribution is -2.38. The van der Waals surface area contributed by atoms with Crippen LogP contribution in [0.1, 0.15) is 68.5 Å². The van der Waals surface area contributed by atoms with Crippen molar-refractivity contribution in [3.8, 4) is 11.5 Å². The number of ketones is 1. The van der Waals surface area contributed by atoms with E-state index in [1.165, 1.54) is 12.1 Å². The second-order valence-corrected chi connectivity index (χ2v) is 10.4. The molecule has 1 N–H and O–H groups in total. The second kappa shape index (κ2) is 11.9. The van der Waals surface area contributed by atoms with Gasteiger partial charge in [-0.15, -0.1) is 0 Å². The molecule has 5 rings (SSSR count). The molecule has 0 fully saturated rings. The number of nitrogens with one attached hydrogen (secondary N) is 1. The Kier molecular flexibility index (Phi) is 8.19. The van der Waals surface area contributed by atoms with Crippen LogP contribution in [0.2, 0.25) is 0 Å². The standard InChI is InChI=1S/C33H35FN2O4/c1-4-5-6-11-31(38)36-27-10-8-7-9-25(27)35-26-18-23(22-14-17-29(39-2)30(20-22)40-3)19-28(37)32(26)33(36)21-12-15-24(34)16-13-21/h7-10,12-17,20,23,33,35H,4-6,11,18-19H2,1-3H3/t23-,33+/m0/s1. The topological polar surface area (TPSA) is 67.9 Å². The van der Waals surface area contributed by atoms with E-state index in [1.54, 1.807) is 31.3 Å². The SMILES string of the molecule is CCCCCC(=O)N1c2ccccc2NC2=C(C(=O)C[C@@H](c3ccc(OC)c(OC)c3)C2)[C@H]1c1ccc(F)cc1. The van der Waals surface area contributed by atoms with Crippen LogP contribution in [0, 0.1) is 5.82 Å². The molecule has 0 unspecified atom stereocenters. The van der Waals surface area contributed by atoms with Gasteiger partial charge < -0.3 is 14.8 Å². The fraction of sp³-hybridized carbons (Fsp3) is 0.333. The van der Waals surface area contributed by atoms with Crippen LogP contribution in [-0.4, -0.2) is 25.9 Å². The lowest BCUT2D eigenvalue weighted by Gasteiger charge is -2.35. The number of methoxy groups -OCH3 is 2. The lowest BCUT2D eigenvalue weighted by atomic mass is 9.78. The highest BCUT2D eigenvalue weighted by molar-refractivity contribution is 6.06. The van der Waals surface area contributed by atoms with Gasteiger partial charge in [0.15, 0.2) is 17.3 Å². The van der Waals surface area contributed by atoms with Crippen LogP contribution in [0.4, 0.5) is 15.8 Å². The van der Waals surface area contributed by atoms with Gasteiger partial charge in [0.2, 0.25) is 5.91 Å². The average molecular weight is 543 g/mol. The van der Waals surface area contributed by atoms with Gasteiger partial charge in [-0.05, 0) is 66.3 Å². The molecular weight excluding hydrogens is 507 g/mol. The number of amides is 1. The second-order valence-electron chi connectivity index (χ2n) is 10.4. The molecule has 6 nitrogen and oxygen atoms in total. The maximum absolute atomic E-state index is 14.1. The van der Waals surface area contributed by atoms with Gasteiger partial charge in [-0.25, -0.2) is 4.39 Å². The summed E-state index contributed by atoms with van der Waals surface area (Å²) >= 11 is 0. The van der Waals surface area contributed by atoms with E-state index in [1.807, 2.05) is 42.5 Å². The molecule has 0 saturated heterocycles. The number of unbranched alkanes of at least 4 members (excludes halogenated alkanes) is 2. The Morgan fingerprint density at radius 3 is 2.40 bits per heavy atom. The molecule has 0 saturated carbocycles. The Morgan fingerprint density at radius 2 is 1.68 bits per heavy atom. The number of hydrogen-bond donors (Lipinski definition) is 1. The molecule has 0 spiro atoms. The van der Waals surface area contributed by atoms with Crippen molar-refractivity contribution in [2.75, 3.05) is 24.4 Å². The summed E-state index contributed by atoms with van der Waals surface area (Å²) < 4.78 is 24.9. The number of rotatable bonds is 8. The van der Waals surface area contributed by atoms with Crippen LogP contribution in [0.15, 0.2) is 78.0 Å². The number of ether oxygens (including phenoxy) is 2. The van der Waals surface area contributed by atoms with Crippen LogP contribution >= 0.6 is 0 Å². The molecule has 0 radical (unpaired) electrons. The number of benzene rings is 3. The number of halogens is 1. The number of Topliss-reactive ketones (excluding diaryl/α,β-unsaturated/α-hetero) is 1. The minimum atomic E-state index is -0.667. The van der Waals surface area contributed by atoms with Gasteiger partial charge in [-0.2, -0.15) is 0 Å². The molecule has 3 aromatic rings. The fourth-order valence-electron chi connectivity index (χ4n) is 5.81. The molecule has 40 heavy (non-hydrogen) atoms. The van der Waals surface area contributed by atoms with Gasteiger partial charge in [0, 0.05) is 24.1 Å². The smallest absolute Gasteiger partial charge is 0.227 e. The summed E-state index contributed by atoms with van der Waals surface area (Å²) in [5, 5.41) is 3.54. The first-order chi connectivity index (χ1) is 19.4. The Labute approximate surface area is 234 Å². The first kappa shape index (κ1) is 27.4. The molecule has 1 amide bonds. The quantitative estimate of drug-likeness (QED) is 0.302. The predicted octanol–water partition coefficient (Wildman–Crippen LogP) is 7.32. The van der Waals surface area contributed by atoms with E-state index in [-0.39, 0.29) is 29.8 Å². The number of carbonyl (C=O) groups is 2. The number of para-hydroxylation sites is 2. The van der Waals surface area contributed by atoms with Gasteiger partial charge in [-0.1, -0.05) is 50.1 Å². The molecule has 7 heteroatoms. The van der Waals surface area contributed by atoms with Crippen molar-refractivity contribution < 1.29 is 23.5 Å². The van der Waals surface area contributed by atoms with E-state index >= 15 is 0 Å². The summed E-state index contributed by atoms with van der Waals surface area (Å²) in [4.78, 5) is 29.8. The highest BCUT2D eigenvalue weighted by Crippen LogP contribution is 2.48. The monoisotopic (exact) mass is 542 g/mol. The number of fused-ring (bicyclic) bond motifs is 1. The molecule has 2 aliphatic rings. The zero-order chi connectivity index (χ0) is 28.2. The lowest BCUT2D eigenvalue weighted by molar-refractivity contribution is -0.119. The minimum Gasteiger partial charge on any atom is -0.493 e. The first-order valence-electron chi connectivity index (χ1n) is 13.9. The summed E-state index contributed by atoms with van der Waals surface area (Å²) in [6.45, 7) is 2.10. The third kappa shape index (κ3) is 5.33. The Morgan fingerprint density at radius 1 is 0.950 bits per heavy atom. The Bertz CT molecular complexity index is 1430. The molecule has 3 aromatic carbocycles. The van der Waals surface area contributed by atoms with Crippen molar-refractivity contribution >= 4 is 23.1 Å². The summed E-state index contributed by atoms with van der Waals surface area (Å²) in [6, 6.07) is 18.9. The van der Waals surface area contributed by atoms with Gasteiger partial charge in [0.05, 0.1) is 31.6 Å². The maximum Gasteiger partial charge on any atom is 0.227 e. The zero-order valence-electron chi connectivity index (χ0n) is 23.2. The van der Waals surface area contributed by atoms with Gasteiger partial charge in [0.1, 0.15) is 5.82 Å². The van der Waals surface area contributed by atoms with E-state index < -0.39 is 6.04 Å². The van der Waals surface area contributed by atoms with Crippen molar-refractivity contribution in [2.24, 2.45) is 0 Å². The van der Waals surface area contributed by atoms with Crippen molar-refractivity contribution in [1.82, 2.24) is 0 Å². The zero-order valence-corrected chi connectivity index (χ0v) is 23.2. The summed E-state index contributed by atoms with van der Waals surface area (Å²) in [5.74, 6) is 0.686. The molecular formula is C33H35FN2O4. The number of anilines is 2. The molecule has 0 bridgehead atoms. The minimum absolute atomic E-state index is 0.0398. The highest BCUT2D eigenvalue weighted by Gasteiger charge is 2.41. The van der Waals surface area contributed by atoms with E-state index in [9.17, 15) is 14.0 Å². The van der Waals surface area contributed by atoms with Crippen LogP contribution in [-0.2, 0) is 9.59 Å². The summed E-state index contributed by atoms with van der Waals surface area (Å²) in [5.41, 5.74) is 4.49. The van der Waals surface area contributed by atoms with Crippen molar-refractivity contribution in [1.29, 1.82) is 0 Å². The van der Waals surface area contributed by atoms with Crippen LogP contribution < -0.4 is 19.7 Å². The number of nitrogens with zero attached hydrogens (tertiary/aromatic N) is 1. The largest absolute Gasteiger partial charge is 0.493 e. The van der Waals surface area contributed by atoms with Crippen LogP contribution in [0.25, 0.3) is 0 Å². The third-order valence-electron chi connectivity index (χ3n) is 7.82. The number of carbonyl (C=O) groups excluding carboxylic acids is 2. The van der Waals surface area contributed by atoms with Crippen molar-refractivity contribution in [2.45, 2.75) is 57.4 Å². The van der Waals surface area contributed by atoms with Crippen molar-refractivity contribution in [3.63, 3.8) is 0 Å². The van der Waals surface area contributed by atoms with Crippen molar-refractivity contribution in [3.05, 3.63) is 94.9 Å². The molecule has 1 aliphatic heterocycles. The van der Waals surface area contributed by atoms with Gasteiger partial charge in [-0.3, -0.25) is 14.5 Å². The van der Waals surface area contributed by atoms with E-state index in [4.69, 9.17) is 9.47 Å². The third-order valence-corrected chi connectivity index (χ3v) is 7.82. The van der Waals surface area contributed by atoms with Gasteiger partial charge >= 0.3 is 0 Å². The molecule has 1 heterocycles. The first-order valence-corrected chi connectivity index (χ1v) is 13.9. The maximum atomic E-state index is 14.1. The Hall–Kier alpha value is -4.13. The summed E-state index contributed by atoms with van der Waals surface area (Å²) in [6.07, 6.45) is 3.92.